The molecule has 1 aromatic heterocycles. The van der Waals surface area contributed by atoms with Crippen LogP contribution in [0.4, 0.5) is 0 Å². The predicted octanol–water partition coefficient (Wildman–Crippen LogP) is 3.48. The molecule has 1 N–H and O–H groups in total. The summed E-state index contributed by atoms with van der Waals surface area (Å²) in [7, 11) is 0. The summed E-state index contributed by atoms with van der Waals surface area (Å²) in [6.45, 7) is 7.38. The Hall–Kier alpha value is -1.65. The van der Waals surface area contributed by atoms with E-state index < -0.39 is 0 Å². The number of imidazole rings is 1. The fourth-order valence-electron chi connectivity index (χ4n) is 2.43. The Labute approximate surface area is 136 Å². The summed E-state index contributed by atoms with van der Waals surface area (Å²) in [5.41, 5.74) is 1.95. The molecule has 0 saturated carbocycles. The lowest BCUT2D eigenvalue weighted by Gasteiger charge is -2.22. The molecule has 118 valence electrons. The summed E-state index contributed by atoms with van der Waals surface area (Å²) in [4.78, 5) is 15.4. The van der Waals surface area contributed by atoms with Gasteiger partial charge in [0.25, 0.3) is 0 Å². The summed E-state index contributed by atoms with van der Waals surface area (Å²) >= 11 is 5.82. The van der Waals surface area contributed by atoms with Gasteiger partial charge in [-0.25, -0.2) is 4.98 Å². The van der Waals surface area contributed by atoms with Gasteiger partial charge in [-0.15, -0.1) is 0 Å². The fraction of sp³-hybridized carbons (Fsp3) is 0.412. The van der Waals surface area contributed by atoms with Crippen LogP contribution in [0.1, 0.15) is 42.6 Å². The van der Waals surface area contributed by atoms with Gasteiger partial charge in [-0.05, 0) is 25.0 Å². The number of rotatable bonds is 2. The molecule has 5 heteroatoms. The predicted molar refractivity (Wildman–Crippen MR) is 89.4 cm³/mol. The lowest BCUT2D eigenvalue weighted by molar-refractivity contribution is 0.100. The molecular formula is C17H22ClN3O. The number of aromatic nitrogens is 2. The Kier molecular flexibility index (Phi) is 5.75. The second-order valence-corrected chi connectivity index (χ2v) is 5.86. The monoisotopic (exact) mass is 319 g/mol. The minimum atomic E-state index is 0.0906. The van der Waals surface area contributed by atoms with Crippen LogP contribution in [0.25, 0.3) is 0 Å². The van der Waals surface area contributed by atoms with Crippen LogP contribution in [0.3, 0.4) is 0 Å². The van der Waals surface area contributed by atoms with Crippen molar-refractivity contribution in [3.8, 4) is 0 Å². The molecule has 2 heterocycles. The summed E-state index contributed by atoms with van der Waals surface area (Å²) in [5.74, 6) is 1.05. The fourth-order valence-corrected chi connectivity index (χ4v) is 2.70. The highest BCUT2D eigenvalue weighted by Gasteiger charge is 2.19. The van der Waals surface area contributed by atoms with E-state index >= 15 is 0 Å². The third-order valence-corrected chi connectivity index (χ3v) is 4.07. The van der Waals surface area contributed by atoms with Crippen molar-refractivity contribution in [2.24, 2.45) is 0 Å². The van der Waals surface area contributed by atoms with Gasteiger partial charge in [-0.2, -0.15) is 0 Å². The maximum atomic E-state index is 11.2. The molecule has 1 unspecified atom stereocenters. The number of nitrogens with one attached hydrogen (secondary N) is 1. The molecule has 0 spiro atoms. The van der Waals surface area contributed by atoms with Gasteiger partial charge in [-0.1, -0.05) is 36.7 Å². The molecule has 0 aliphatic carbocycles. The smallest absolute Gasteiger partial charge is 0.177 e. The summed E-state index contributed by atoms with van der Waals surface area (Å²) < 4.78 is 2.00. The van der Waals surface area contributed by atoms with E-state index in [0.29, 0.717) is 6.04 Å². The van der Waals surface area contributed by atoms with Crippen molar-refractivity contribution in [1.29, 1.82) is 0 Å². The van der Waals surface area contributed by atoms with Crippen molar-refractivity contribution in [1.82, 2.24) is 14.9 Å². The van der Waals surface area contributed by atoms with E-state index in [2.05, 4.69) is 24.1 Å². The van der Waals surface area contributed by atoms with Crippen LogP contribution >= 0.6 is 11.6 Å². The number of ketones is 1. The van der Waals surface area contributed by atoms with Crippen LogP contribution < -0.4 is 5.32 Å². The quantitative estimate of drug-likeness (QED) is 0.862. The Balaban J connectivity index is 0.000000172. The average molecular weight is 320 g/mol. The number of aryl methyl sites for hydroxylation is 1. The topological polar surface area (TPSA) is 46.9 Å². The highest BCUT2D eigenvalue weighted by Crippen LogP contribution is 2.14. The molecule has 4 nitrogen and oxygen atoms in total. The van der Waals surface area contributed by atoms with Crippen LogP contribution in [0.5, 0.6) is 0 Å². The van der Waals surface area contributed by atoms with Crippen molar-refractivity contribution >= 4 is 17.4 Å². The number of halogens is 1. The first-order valence-corrected chi connectivity index (χ1v) is 7.92. The van der Waals surface area contributed by atoms with Crippen LogP contribution in [-0.4, -0.2) is 21.4 Å². The van der Waals surface area contributed by atoms with Crippen molar-refractivity contribution in [2.45, 2.75) is 46.3 Å². The lowest BCUT2D eigenvalue weighted by atomic mass is 10.2. The summed E-state index contributed by atoms with van der Waals surface area (Å²) in [5, 5.41) is 4.17. The van der Waals surface area contributed by atoms with E-state index in [4.69, 9.17) is 11.6 Å². The maximum absolute atomic E-state index is 11.2. The largest absolute Gasteiger partial charge is 0.323 e. The molecule has 1 atom stereocenters. The molecule has 1 aliphatic rings. The first kappa shape index (κ1) is 16.7. The molecular weight excluding hydrogens is 298 g/mol. The summed E-state index contributed by atoms with van der Waals surface area (Å²) in [6.07, 6.45) is 2.68. The van der Waals surface area contributed by atoms with E-state index in [-0.39, 0.29) is 5.78 Å². The number of carbonyl (C=O) groups is 1. The molecule has 1 aliphatic heterocycles. The molecule has 2 aromatic rings. The minimum Gasteiger partial charge on any atom is -0.323 e. The molecule has 0 radical (unpaired) electrons. The second kappa shape index (κ2) is 7.56. The number of hydrogen-bond acceptors (Lipinski definition) is 3. The van der Waals surface area contributed by atoms with Gasteiger partial charge in [0, 0.05) is 24.5 Å². The molecule has 1 aromatic carbocycles. The first-order valence-electron chi connectivity index (χ1n) is 7.55. The van der Waals surface area contributed by atoms with Gasteiger partial charge in [-0.3, -0.25) is 4.79 Å². The van der Waals surface area contributed by atoms with Crippen molar-refractivity contribution in [2.75, 3.05) is 0 Å². The molecule has 0 fully saturated rings. The Morgan fingerprint density at radius 2 is 2.18 bits per heavy atom. The highest BCUT2D eigenvalue weighted by atomic mass is 35.5. The standard InChI is InChI=1S/C9H13N3O.C8H9Cl/c1-6-5-12-8(7(2)13)3-11-9(12)4-10-6;1-2-7-5-3-4-6-8(7)9/h3,6,10H,4-5H2,1-2H3;3-6H,2H2,1H3. The Bertz CT molecular complexity index is 651. The average Bonchev–Trinajstić information content (AvgIpc) is 2.91. The molecule has 0 saturated heterocycles. The van der Waals surface area contributed by atoms with Gasteiger partial charge in [0.2, 0.25) is 0 Å². The van der Waals surface area contributed by atoms with E-state index in [1.54, 1.807) is 13.1 Å². The second-order valence-electron chi connectivity index (χ2n) is 5.45. The van der Waals surface area contributed by atoms with Gasteiger partial charge < -0.3 is 9.88 Å². The lowest BCUT2D eigenvalue weighted by Crippen LogP contribution is -2.37. The van der Waals surface area contributed by atoms with Gasteiger partial charge in [0.1, 0.15) is 11.5 Å². The number of carbonyl (C=O) groups excluding carboxylic acids is 1. The summed E-state index contributed by atoms with van der Waals surface area (Å²) in [6, 6.07) is 8.33. The van der Waals surface area contributed by atoms with Crippen LogP contribution in [0, 0.1) is 0 Å². The third kappa shape index (κ3) is 3.96. The number of hydrogen-bond donors (Lipinski definition) is 1. The van der Waals surface area contributed by atoms with Crippen LogP contribution in [0.15, 0.2) is 30.5 Å². The number of fused-ring (bicyclic) bond motifs is 1. The molecule has 0 amide bonds. The zero-order valence-corrected chi connectivity index (χ0v) is 14.0. The maximum Gasteiger partial charge on any atom is 0.177 e. The first-order chi connectivity index (χ1) is 10.5. The molecule has 3 rings (SSSR count). The minimum absolute atomic E-state index is 0.0906. The van der Waals surface area contributed by atoms with Crippen LogP contribution in [-0.2, 0) is 19.5 Å². The zero-order chi connectivity index (χ0) is 16.1. The highest BCUT2D eigenvalue weighted by molar-refractivity contribution is 6.31. The van der Waals surface area contributed by atoms with E-state index in [1.807, 2.05) is 28.8 Å². The van der Waals surface area contributed by atoms with Crippen molar-refractivity contribution < 1.29 is 4.79 Å². The van der Waals surface area contributed by atoms with Gasteiger partial charge in [0.05, 0.1) is 12.7 Å². The SMILES string of the molecule is CC(=O)c1cnc2n1CC(C)NC2.CCc1ccccc1Cl. The molecule has 0 bridgehead atoms. The normalized spacial score (nSPS) is 16.5. The number of Topliss-reactive ketones (excluding diaryl/α,β-unsaturated/α-hetero) is 1. The Morgan fingerprint density at radius 3 is 2.77 bits per heavy atom. The number of nitrogens with zero attached hydrogens (tertiary/aromatic N) is 2. The Morgan fingerprint density at radius 1 is 1.45 bits per heavy atom. The van der Waals surface area contributed by atoms with E-state index in [9.17, 15) is 4.79 Å². The van der Waals surface area contributed by atoms with E-state index in [0.717, 1.165) is 36.1 Å². The third-order valence-electron chi connectivity index (χ3n) is 3.70. The zero-order valence-electron chi connectivity index (χ0n) is 13.3. The van der Waals surface area contributed by atoms with E-state index in [1.165, 1.54) is 5.56 Å². The van der Waals surface area contributed by atoms with Crippen molar-refractivity contribution in [3.05, 3.63) is 52.6 Å². The number of benzene rings is 1. The van der Waals surface area contributed by atoms with Gasteiger partial charge in [0.15, 0.2) is 5.78 Å². The van der Waals surface area contributed by atoms with Gasteiger partial charge >= 0.3 is 0 Å². The molecule has 22 heavy (non-hydrogen) atoms. The van der Waals surface area contributed by atoms with Crippen LogP contribution in [0.2, 0.25) is 5.02 Å². The van der Waals surface area contributed by atoms with Crippen molar-refractivity contribution in [3.63, 3.8) is 0 Å².